The first-order valence-electron chi connectivity index (χ1n) is 10.3. The number of aromatic nitrogens is 2. The number of para-hydroxylation sites is 1. The van der Waals surface area contributed by atoms with Crippen LogP contribution in [0.3, 0.4) is 0 Å². The molecule has 1 aliphatic carbocycles. The monoisotopic (exact) mass is 457 g/mol. The van der Waals surface area contributed by atoms with Gasteiger partial charge in [-0.1, -0.05) is 77.3 Å². The smallest absolute Gasteiger partial charge is 0.0607 e. The van der Waals surface area contributed by atoms with Crippen LogP contribution in [-0.2, 0) is 45.7 Å². The molecule has 2 heterocycles. The van der Waals surface area contributed by atoms with Gasteiger partial charge in [-0.2, -0.15) is 0 Å². The molecule has 29 heavy (non-hydrogen) atoms. The molecule has 0 saturated carbocycles. The van der Waals surface area contributed by atoms with Crippen LogP contribution < -0.4 is 0 Å². The number of pyridine rings is 1. The SMILES string of the molecule is [CH2-]n1c2ccccc2c2cc(CN(CC)[C@H]3CCCc4cccnc43)ccc21.[Y]. The van der Waals surface area contributed by atoms with Gasteiger partial charge < -0.3 is 4.57 Å². The number of rotatable bonds is 4. The first-order chi connectivity index (χ1) is 13.8. The first-order valence-corrected chi connectivity index (χ1v) is 10.3. The molecule has 0 bridgehead atoms. The van der Waals surface area contributed by atoms with Crippen LogP contribution >= 0.6 is 0 Å². The molecule has 0 unspecified atom stereocenters. The van der Waals surface area contributed by atoms with Gasteiger partial charge in [0.05, 0.1) is 11.7 Å². The summed E-state index contributed by atoms with van der Waals surface area (Å²) >= 11 is 0. The first kappa shape index (κ1) is 20.6. The number of aryl methyl sites for hydroxylation is 1. The van der Waals surface area contributed by atoms with Crippen LogP contribution in [0.1, 0.15) is 42.6 Å². The fraction of sp³-hybridized carbons (Fsp3) is 0.280. The molecule has 0 spiro atoms. The van der Waals surface area contributed by atoms with E-state index in [2.05, 4.69) is 73.5 Å². The van der Waals surface area contributed by atoms with Crippen LogP contribution in [0.25, 0.3) is 21.8 Å². The van der Waals surface area contributed by atoms with Gasteiger partial charge in [-0.3, -0.25) is 9.88 Å². The van der Waals surface area contributed by atoms with Crippen molar-refractivity contribution in [2.24, 2.45) is 0 Å². The molecule has 4 aromatic rings. The second-order valence-corrected chi connectivity index (χ2v) is 7.82. The van der Waals surface area contributed by atoms with Gasteiger partial charge in [0.25, 0.3) is 0 Å². The summed E-state index contributed by atoms with van der Waals surface area (Å²) in [4.78, 5) is 7.33. The molecule has 2 aromatic carbocycles. The number of benzene rings is 2. The Kier molecular flexibility index (Phi) is 6.10. The summed E-state index contributed by atoms with van der Waals surface area (Å²) < 4.78 is 2.05. The number of nitrogens with zero attached hydrogens (tertiary/aromatic N) is 3. The predicted octanol–water partition coefficient (Wildman–Crippen LogP) is 5.73. The summed E-state index contributed by atoms with van der Waals surface area (Å²) in [5.41, 5.74) is 6.44. The Bertz CT molecular complexity index is 1150. The van der Waals surface area contributed by atoms with Crippen molar-refractivity contribution in [1.29, 1.82) is 0 Å². The molecule has 1 radical (unpaired) electrons. The van der Waals surface area contributed by atoms with E-state index in [-0.39, 0.29) is 32.7 Å². The van der Waals surface area contributed by atoms with Crippen LogP contribution in [0.5, 0.6) is 0 Å². The molecule has 145 valence electrons. The molecule has 0 amide bonds. The van der Waals surface area contributed by atoms with Gasteiger partial charge in [-0.05, 0) is 43.0 Å². The van der Waals surface area contributed by atoms with Crippen molar-refractivity contribution in [1.82, 2.24) is 14.5 Å². The van der Waals surface area contributed by atoms with E-state index < -0.39 is 0 Å². The maximum absolute atomic E-state index is 4.75. The molecule has 0 aliphatic heterocycles. The standard InChI is InChI=1S/C25H26N3.Y/c1-3-28(24-12-6-8-19-9-7-15-26-25(19)24)17-18-13-14-23-21(16-18)20-10-4-5-11-22(20)27(23)2;/h4-5,7,9-11,13-16,24H,2-3,6,8,12,17H2,1H3;/q-1;/t24-;/m0./s1. The molecule has 1 aliphatic rings. The minimum atomic E-state index is 0. The topological polar surface area (TPSA) is 21.1 Å². The number of fused-ring (bicyclic) bond motifs is 4. The van der Waals surface area contributed by atoms with Crippen LogP contribution in [-0.4, -0.2) is 21.0 Å². The fourth-order valence-corrected chi connectivity index (χ4v) is 4.82. The molecular formula is C25H26N3Y-. The fourth-order valence-electron chi connectivity index (χ4n) is 4.82. The Morgan fingerprint density at radius 3 is 2.76 bits per heavy atom. The van der Waals surface area contributed by atoms with E-state index in [1.807, 2.05) is 10.8 Å². The maximum atomic E-state index is 4.75. The summed E-state index contributed by atoms with van der Waals surface area (Å²) in [7, 11) is 4.24. The molecule has 5 rings (SSSR count). The minimum absolute atomic E-state index is 0. The largest absolute Gasteiger partial charge is 0.481 e. The van der Waals surface area contributed by atoms with E-state index in [9.17, 15) is 0 Å². The van der Waals surface area contributed by atoms with E-state index in [4.69, 9.17) is 4.98 Å². The molecule has 2 aromatic heterocycles. The molecule has 0 fully saturated rings. The van der Waals surface area contributed by atoms with Crippen molar-refractivity contribution in [2.45, 2.75) is 38.8 Å². The Balaban J connectivity index is 0.00000205. The van der Waals surface area contributed by atoms with Crippen molar-refractivity contribution in [3.8, 4) is 0 Å². The Morgan fingerprint density at radius 1 is 1.07 bits per heavy atom. The van der Waals surface area contributed by atoms with Crippen LogP contribution in [0.4, 0.5) is 0 Å². The van der Waals surface area contributed by atoms with E-state index in [0.29, 0.717) is 6.04 Å². The molecule has 3 nitrogen and oxygen atoms in total. The second kappa shape index (κ2) is 8.59. The number of hydrogen-bond acceptors (Lipinski definition) is 2. The summed E-state index contributed by atoms with van der Waals surface area (Å²) in [6.45, 7) is 4.23. The quantitative estimate of drug-likeness (QED) is 0.365. The van der Waals surface area contributed by atoms with Gasteiger partial charge in [-0.15, -0.1) is 7.05 Å². The summed E-state index contributed by atoms with van der Waals surface area (Å²) in [6, 6.07) is 20.1. The average molecular weight is 457 g/mol. The zero-order chi connectivity index (χ0) is 19.1. The van der Waals surface area contributed by atoms with Crippen molar-refractivity contribution in [2.75, 3.05) is 6.54 Å². The van der Waals surface area contributed by atoms with Crippen molar-refractivity contribution >= 4 is 21.8 Å². The average Bonchev–Trinajstić information content (AvgIpc) is 3.04. The van der Waals surface area contributed by atoms with Crippen molar-refractivity contribution < 1.29 is 32.7 Å². The van der Waals surface area contributed by atoms with Crippen molar-refractivity contribution in [3.63, 3.8) is 0 Å². The molecule has 0 N–H and O–H groups in total. The Labute approximate surface area is 198 Å². The van der Waals surface area contributed by atoms with Gasteiger partial charge in [0.15, 0.2) is 0 Å². The molecule has 0 saturated heterocycles. The Hall–Kier alpha value is -1.68. The van der Waals surface area contributed by atoms with Crippen LogP contribution in [0.2, 0.25) is 0 Å². The van der Waals surface area contributed by atoms with E-state index in [0.717, 1.165) is 19.5 Å². The zero-order valence-electron chi connectivity index (χ0n) is 17.0. The van der Waals surface area contributed by atoms with Gasteiger partial charge in [0.1, 0.15) is 0 Å². The summed E-state index contributed by atoms with van der Waals surface area (Å²) in [5.74, 6) is 0. The van der Waals surface area contributed by atoms with Gasteiger partial charge >= 0.3 is 0 Å². The zero-order valence-corrected chi connectivity index (χ0v) is 19.9. The van der Waals surface area contributed by atoms with Gasteiger partial charge in [0, 0.05) is 45.5 Å². The van der Waals surface area contributed by atoms with Crippen molar-refractivity contribution in [3.05, 3.63) is 84.7 Å². The van der Waals surface area contributed by atoms with Gasteiger partial charge in [-0.25, -0.2) is 0 Å². The third kappa shape index (κ3) is 3.65. The van der Waals surface area contributed by atoms with E-state index >= 15 is 0 Å². The predicted molar refractivity (Wildman–Crippen MR) is 116 cm³/mol. The summed E-state index contributed by atoms with van der Waals surface area (Å²) in [5, 5.41) is 2.57. The number of hydrogen-bond donors (Lipinski definition) is 0. The van der Waals surface area contributed by atoms with Gasteiger partial charge in [0.2, 0.25) is 0 Å². The normalized spacial score (nSPS) is 16.1. The summed E-state index contributed by atoms with van der Waals surface area (Å²) in [6.07, 6.45) is 5.54. The molecular weight excluding hydrogens is 431 g/mol. The second-order valence-electron chi connectivity index (χ2n) is 7.82. The minimum Gasteiger partial charge on any atom is -0.481 e. The third-order valence-electron chi connectivity index (χ3n) is 6.23. The Morgan fingerprint density at radius 2 is 1.90 bits per heavy atom. The van der Waals surface area contributed by atoms with E-state index in [1.165, 1.54) is 51.5 Å². The van der Waals surface area contributed by atoms with E-state index in [1.54, 1.807) is 0 Å². The molecule has 4 heteroatoms. The van der Waals surface area contributed by atoms with Crippen LogP contribution in [0.15, 0.2) is 60.8 Å². The third-order valence-corrected chi connectivity index (χ3v) is 6.23. The van der Waals surface area contributed by atoms with Crippen LogP contribution in [0, 0.1) is 7.05 Å². The maximum Gasteiger partial charge on any atom is 0.0607 e. The molecule has 1 atom stereocenters.